The highest BCUT2D eigenvalue weighted by Gasteiger charge is 1.97. The van der Waals surface area contributed by atoms with Gasteiger partial charge in [-0.15, -0.1) is 0 Å². The van der Waals surface area contributed by atoms with E-state index in [0.717, 1.165) is 21.6 Å². The van der Waals surface area contributed by atoms with Crippen molar-refractivity contribution in [3.63, 3.8) is 0 Å². The molecule has 0 aliphatic carbocycles. The molecule has 96 valence electrons. The van der Waals surface area contributed by atoms with Gasteiger partial charge >= 0.3 is 0 Å². The highest BCUT2D eigenvalue weighted by Crippen LogP contribution is 2.14. The first kappa shape index (κ1) is 13.4. The minimum absolute atomic E-state index is 0.736. The second-order valence-electron chi connectivity index (χ2n) is 3.68. The van der Waals surface area contributed by atoms with Crippen LogP contribution in [0.4, 0.5) is 0 Å². The van der Waals surface area contributed by atoms with Crippen LogP contribution in [0.25, 0.3) is 11.3 Å². The van der Waals surface area contributed by atoms with Crippen LogP contribution >= 0.6 is 15.9 Å². The summed E-state index contributed by atoms with van der Waals surface area (Å²) in [7, 11) is 0. The Balaban J connectivity index is 0.000000186. The molecule has 0 atom stereocenters. The van der Waals surface area contributed by atoms with Crippen molar-refractivity contribution in [1.29, 1.82) is 0 Å². The lowest BCUT2D eigenvalue weighted by Crippen LogP contribution is -1.85. The molecule has 0 bridgehead atoms. The number of aromatic amines is 1. The molecule has 0 saturated heterocycles. The quantitative estimate of drug-likeness (QED) is 0.749. The lowest BCUT2D eigenvalue weighted by molar-refractivity contribution is 1.05. The van der Waals surface area contributed by atoms with E-state index in [1.807, 2.05) is 25.1 Å². The van der Waals surface area contributed by atoms with Crippen LogP contribution < -0.4 is 0 Å². The second kappa shape index (κ2) is 6.75. The molecule has 0 fully saturated rings. The maximum absolute atomic E-state index is 4.20. The summed E-state index contributed by atoms with van der Waals surface area (Å²) in [6.07, 6.45) is 8.67. The van der Waals surface area contributed by atoms with E-state index in [2.05, 4.69) is 41.1 Å². The fourth-order valence-corrected chi connectivity index (χ4v) is 1.51. The summed E-state index contributed by atoms with van der Waals surface area (Å²) in [5.74, 6) is 0. The Bertz CT molecular complexity index is 593. The van der Waals surface area contributed by atoms with Gasteiger partial charge in [0.25, 0.3) is 0 Å². The van der Waals surface area contributed by atoms with Crippen LogP contribution in [0.15, 0.2) is 53.8 Å². The van der Waals surface area contributed by atoms with Gasteiger partial charge in [0.1, 0.15) is 4.60 Å². The SMILES string of the molecule is Brc1cnc(-c2cccnc2)cn1.Cc1cc[nH]n1. The molecule has 0 radical (unpaired) electrons. The van der Waals surface area contributed by atoms with E-state index in [1.54, 1.807) is 31.0 Å². The first-order valence-corrected chi connectivity index (χ1v) is 6.39. The molecular weight excluding hydrogens is 306 g/mol. The van der Waals surface area contributed by atoms with Crippen molar-refractivity contribution in [3.05, 3.63) is 59.5 Å². The van der Waals surface area contributed by atoms with E-state index >= 15 is 0 Å². The van der Waals surface area contributed by atoms with Crippen molar-refractivity contribution >= 4 is 15.9 Å². The molecule has 5 nitrogen and oxygen atoms in total. The smallest absolute Gasteiger partial charge is 0.124 e. The molecule has 0 aliphatic heterocycles. The number of hydrogen-bond donors (Lipinski definition) is 1. The van der Waals surface area contributed by atoms with E-state index in [9.17, 15) is 0 Å². The predicted octanol–water partition coefficient (Wildman–Crippen LogP) is 3.02. The van der Waals surface area contributed by atoms with Crippen LogP contribution in [0.1, 0.15) is 5.69 Å². The number of aromatic nitrogens is 5. The highest BCUT2D eigenvalue weighted by molar-refractivity contribution is 9.10. The summed E-state index contributed by atoms with van der Waals surface area (Å²) in [4.78, 5) is 12.3. The molecule has 3 aromatic heterocycles. The maximum atomic E-state index is 4.20. The number of nitrogens with zero attached hydrogens (tertiary/aromatic N) is 4. The van der Waals surface area contributed by atoms with E-state index in [0.29, 0.717) is 0 Å². The lowest BCUT2D eigenvalue weighted by Gasteiger charge is -1.97. The normalized spacial score (nSPS) is 9.58. The van der Waals surface area contributed by atoms with Crippen LogP contribution in [-0.2, 0) is 0 Å². The maximum Gasteiger partial charge on any atom is 0.124 e. The summed E-state index contributed by atoms with van der Waals surface area (Å²) in [5, 5.41) is 6.47. The topological polar surface area (TPSA) is 67.3 Å². The van der Waals surface area contributed by atoms with Gasteiger partial charge in [-0.05, 0) is 41.1 Å². The Morgan fingerprint density at radius 2 is 2.00 bits per heavy atom. The van der Waals surface area contributed by atoms with Gasteiger partial charge in [-0.3, -0.25) is 15.1 Å². The highest BCUT2D eigenvalue weighted by atomic mass is 79.9. The third-order valence-electron chi connectivity index (χ3n) is 2.22. The number of H-pyrrole nitrogens is 1. The minimum atomic E-state index is 0.736. The Labute approximate surface area is 119 Å². The summed E-state index contributed by atoms with van der Waals surface area (Å²) >= 11 is 3.23. The fourth-order valence-electron chi connectivity index (χ4n) is 1.31. The molecule has 0 aliphatic rings. The Hall–Kier alpha value is -2.08. The van der Waals surface area contributed by atoms with Crippen LogP contribution in [0.5, 0.6) is 0 Å². The number of halogens is 1. The molecule has 6 heteroatoms. The van der Waals surface area contributed by atoms with Crippen molar-refractivity contribution < 1.29 is 0 Å². The molecule has 0 aromatic carbocycles. The van der Waals surface area contributed by atoms with Crippen LogP contribution in [0.3, 0.4) is 0 Å². The van der Waals surface area contributed by atoms with E-state index in [-0.39, 0.29) is 0 Å². The molecule has 0 amide bonds. The van der Waals surface area contributed by atoms with Gasteiger partial charge in [0.15, 0.2) is 0 Å². The first-order valence-electron chi connectivity index (χ1n) is 5.60. The van der Waals surface area contributed by atoms with Crippen LogP contribution in [0, 0.1) is 6.92 Å². The Morgan fingerprint density at radius 3 is 2.47 bits per heavy atom. The zero-order valence-electron chi connectivity index (χ0n) is 10.3. The standard InChI is InChI=1S/C9H6BrN3.C4H6N2/c10-9-6-12-8(5-13-9)7-2-1-3-11-4-7;1-4-2-3-5-6-4/h1-6H;2-3H,1H3,(H,5,6). The largest absolute Gasteiger partial charge is 0.285 e. The minimum Gasteiger partial charge on any atom is -0.285 e. The molecule has 3 aromatic rings. The zero-order chi connectivity index (χ0) is 13.5. The molecule has 0 spiro atoms. The van der Waals surface area contributed by atoms with Crippen molar-refractivity contribution in [2.45, 2.75) is 6.92 Å². The van der Waals surface area contributed by atoms with E-state index in [1.165, 1.54) is 0 Å². The Kier molecular flexibility index (Phi) is 4.74. The third kappa shape index (κ3) is 4.26. The van der Waals surface area contributed by atoms with Gasteiger partial charge in [0.05, 0.1) is 23.8 Å². The summed E-state index contributed by atoms with van der Waals surface area (Å²) in [6, 6.07) is 5.74. The van der Waals surface area contributed by atoms with Crippen molar-refractivity contribution in [2.75, 3.05) is 0 Å². The summed E-state index contributed by atoms with van der Waals surface area (Å²) in [6.45, 7) is 1.94. The number of pyridine rings is 1. The first-order chi connectivity index (χ1) is 9.25. The van der Waals surface area contributed by atoms with Crippen LogP contribution in [-0.4, -0.2) is 25.1 Å². The fraction of sp³-hybridized carbons (Fsp3) is 0.0769. The third-order valence-corrected chi connectivity index (χ3v) is 2.63. The van der Waals surface area contributed by atoms with Gasteiger partial charge in [0.2, 0.25) is 0 Å². The van der Waals surface area contributed by atoms with Gasteiger partial charge < -0.3 is 0 Å². The van der Waals surface area contributed by atoms with Crippen molar-refractivity contribution in [3.8, 4) is 11.3 Å². The molecule has 0 unspecified atom stereocenters. The van der Waals surface area contributed by atoms with E-state index in [4.69, 9.17) is 0 Å². The van der Waals surface area contributed by atoms with Gasteiger partial charge in [-0.25, -0.2) is 4.98 Å². The number of rotatable bonds is 1. The summed E-state index contributed by atoms with van der Waals surface area (Å²) < 4.78 is 0.736. The zero-order valence-corrected chi connectivity index (χ0v) is 11.9. The molecule has 19 heavy (non-hydrogen) atoms. The molecule has 1 N–H and O–H groups in total. The van der Waals surface area contributed by atoms with Crippen molar-refractivity contribution in [1.82, 2.24) is 25.1 Å². The molecule has 0 saturated carbocycles. The van der Waals surface area contributed by atoms with Crippen LogP contribution in [0.2, 0.25) is 0 Å². The number of nitrogens with one attached hydrogen (secondary N) is 1. The monoisotopic (exact) mass is 317 g/mol. The molecule has 3 rings (SSSR count). The lowest BCUT2D eigenvalue weighted by atomic mass is 10.2. The predicted molar refractivity (Wildman–Crippen MR) is 76.3 cm³/mol. The molecular formula is C13H12BrN5. The number of aryl methyl sites for hydroxylation is 1. The summed E-state index contributed by atoms with van der Waals surface area (Å²) in [5.41, 5.74) is 2.84. The second-order valence-corrected chi connectivity index (χ2v) is 4.49. The number of hydrogen-bond acceptors (Lipinski definition) is 4. The average molecular weight is 318 g/mol. The van der Waals surface area contributed by atoms with E-state index < -0.39 is 0 Å². The average Bonchev–Trinajstić information content (AvgIpc) is 2.92. The molecule has 3 heterocycles. The van der Waals surface area contributed by atoms with Gasteiger partial charge in [-0.1, -0.05) is 0 Å². The van der Waals surface area contributed by atoms with Gasteiger partial charge in [0, 0.05) is 24.2 Å². The van der Waals surface area contributed by atoms with Crippen molar-refractivity contribution in [2.24, 2.45) is 0 Å². The van der Waals surface area contributed by atoms with Gasteiger partial charge in [-0.2, -0.15) is 5.10 Å². The Morgan fingerprint density at radius 1 is 1.11 bits per heavy atom.